The van der Waals surface area contributed by atoms with Crippen molar-refractivity contribution in [2.75, 3.05) is 0 Å². The van der Waals surface area contributed by atoms with Gasteiger partial charge in [-0.25, -0.2) is 0 Å². The van der Waals surface area contributed by atoms with Crippen LogP contribution in [0.1, 0.15) is 23.4 Å². The van der Waals surface area contributed by atoms with Crippen molar-refractivity contribution in [2.45, 2.75) is 18.7 Å². The molecule has 1 atom stereocenters. The van der Waals surface area contributed by atoms with Crippen molar-refractivity contribution in [3.05, 3.63) is 35.4 Å². The molecule has 0 spiro atoms. The van der Waals surface area contributed by atoms with E-state index in [1.165, 1.54) is 5.56 Å². The van der Waals surface area contributed by atoms with Gasteiger partial charge in [0.25, 0.3) is 0 Å². The van der Waals surface area contributed by atoms with Crippen LogP contribution in [0.15, 0.2) is 24.3 Å². The maximum Gasteiger partial charge on any atom is 0.145 e. The number of nitrogens with zero attached hydrogens (tertiary/aromatic N) is 1. The lowest BCUT2D eigenvalue weighted by Crippen LogP contribution is -1.88. The van der Waals surface area contributed by atoms with Gasteiger partial charge in [-0.2, -0.15) is 5.26 Å². The summed E-state index contributed by atoms with van der Waals surface area (Å²) in [5.41, 5.74) is 2.10. The van der Waals surface area contributed by atoms with Crippen molar-refractivity contribution >= 4 is 11.6 Å². The molecule has 0 aliphatic carbocycles. The highest BCUT2D eigenvalue weighted by atomic mass is 35.5. The van der Waals surface area contributed by atoms with E-state index in [4.69, 9.17) is 16.9 Å². The zero-order chi connectivity index (χ0) is 8.97. The zero-order valence-electron chi connectivity index (χ0n) is 6.92. The predicted molar refractivity (Wildman–Crippen MR) is 50.0 cm³/mol. The molecule has 0 saturated heterocycles. The molecular weight excluding hydrogens is 170 g/mol. The number of aryl methyl sites for hydroxylation is 1. The highest BCUT2D eigenvalue weighted by Gasteiger charge is 2.04. The van der Waals surface area contributed by atoms with Crippen LogP contribution >= 0.6 is 11.6 Å². The first-order valence-corrected chi connectivity index (χ1v) is 4.34. The number of hydrogen-bond donors (Lipinski definition) is 0. The first-order valence-electron chi connectivity index (χ1n) is 3.90. The Kier molecular flexibility index (Phi) is 3.13. The average Bonchev–Trinajstić information content (AvgIpc) is 2.17. The fourth-order valence-corrected chi connectivity index (χ4v) is 1.18. The Morgan fingerprint density at radius 3 is 2.92 bits per heavy atom. The standard InChI is InChI=1S/C10H10ClN/c1-2-8-4-3-5-9(6-8)10(11)7-12/h3-6,10H,2H2,1H3. The molecule has 1 aromatic rings. The van der Waals surface area contributed by atoms with Gasteiger partial charge in [0, 0.05) is 0 Å². The molecule has 1 unspecified atom stereocenters. The van der Waals surface area contributed by atoms with Gasteiger partial charge in [0.15, 0.2) is 0 Å². The molecule has 0 bridgehead atoms. The van der Waals surface area contributed by atoms with Crippen LogP contribution in [0, 0.1) is 11.3 Å². The molecule has 0 amide bonds. The van der Waals surface area contributed by atoms with Gasteiger partial charge in [-0.1, -0.05) is 31.2 Å². The van der Waals surface area contributed by atoms with Crippen molar-refractivity contribution < 1.29 is 0 Å². The van der Waals surface area contributed by atoms with Crippen molar-refractivity contribution in [1.29, 1.82) is 5.26 Å². The second kappa shape index (κ2) is 4.13. The van der Waals surface area contributed by atoms with Crippen molar-refractivity contribution in [3.63, 3.8) is 0 Å². The summed E-state index contributed by atoms with van der Waals surface area (Å²) < 4.78 is 0. The summed E-state index contributed by atoms with van der Waals surface area (Å²) >= 11 is 5.76. The monoisotopic (exact) mass is 179 g/mol. The molecule has 0 saturated carbocycles. The molecule has 62 valence electrons. The highest BCUT2D eigenvalue weighted by molar-refractivity contribution is 6.22. The summed E-state index contributed by atoms with van der Waals surface area (Å²) in [6, 6.07) is 9.81. The van der Waals surface area contributed by atoms with Gasteiger partial charge < -0.3 is 0 Å². The van der Waals surface area contributed by atoms with E-state index >= 15 is 0 Å². The first-order chi connectivity index (χ1) is 5.77. The predicted octanol–water partition coefficient (Wildman–Crippen LogP) is 3.05. The number of rotatable bonds is 2. The fraction of sp³-hybridized carbons (Fsp3) is 0.300. The van der Waals surface area contributed by atoms with E-state index in [9.17, 15) is 0 Å². The Labute approximate surface area is 77.6 Å². The van der Waals surface area contributed by atoms with Crippen LogP contribution in [0.2, 0.25) is 0 Å². The fourth-order valence-electron chi connectivity index (χ4n) is 1.05. The minimum atomic E-state index is -0.517. The SMILES string of the molecule is CCc1cccc(C(Cl)C#N)c1. The van der Waals surface area contributed by atoms with Crippen LogP contribution < -0.4 is 0 Å². The van der Waals surface area contributed by atoms with E-state index in [0.29, 0.717) is 0 Å². The van der Waals surface area contributed by atoms with Crippen LogP contribution in [0.4, 0.5) is 0 Å². The Balaban J connectivity index is 2.95. The average molecular weight is 180 g/mol. The molecule has 0 fully saturated rings. The van der Waals surface area contributed by atoms with Gasteiger partial charge in [0.05, 0.1) is 6.07 Å². The molecule has 0 aliphatic heterocycles. The lowest BCUT2D eigenvalue weighted by molar-refractivity contribution is 1.11. The maximum absolute atomic E-state index is 8.57. The number of benzene rings is 1. The maximum atomic E-state index is 8.57. The molecule has 1 rings (SSSR count). The third kappa shape index (κ3) is 1.99. The smallest absolute Gasteiger partial charge is 0.145 e. The quantitative estimate of drug-likeness (QED) is 0.641. The van der Waals surface area contributed by atoms with Crippen LogP contribution in [0.25, 0.3) is 0 Å². The summed E-state index contributed by atoms with van der Waals surface area (Å²) in [5.74, 6) is 0. The van der Waals surface area contributed by atoms with Gasteiger partial charge in [0.2, 0.25) is 0 Å². The van der Waals surface area contributed by atoms with Crippen molar-refractivity contribution in [1.82, 2.24) is 0 Å². The third-order valence-corrected chi connectivity index (χ3v) is 2.11. The van der Waals surface area contributed by atoms with E-state index in [-0.39, 0.29) is 0 Å². The topological polar surface area (TPSA) is 23.8 Å². The van der Waals surface area contributed by atoms with E-state index in [1.807, 2.05) is 30.3 Å². The molecular formula is C10H10ClN. The zero-order valence-corrected chi connectivity index (χ0v) is 7.67. The highest BCUT2D eigenvalue weighted by Crippen LogP contribution is 2.20. The summed E-state index contributed by atoms with van der Waals surface area (Å²) in [5, 5.41) is 8.05. The Bertz CT molecular complexity index is 301. The first kappa shape index (κ1) is 9.09. The Morgan fingerprint density at radius 2 is 2.33 bits per heavy atom. The number of nitriles is 1. The summed E-state index contributed by atoms with van der Waals surface area (Å²) in [7, 11) is 0. The van der Waals surface area contributed by atoms with Gasteiger partial charge in [-0.3, -0.25) is 0 Å². The summed E-state index contributed by atoms with van der Waals surface area (Å²) in [6.45, 7) is 2.08. The molecule has 1 nitrogen and oxygen atoms in total. The van der Waals surface area contributed by atoms with E-state index in [2.05, 4.69) is 6.92 Å². The normalized spacial score (nSPS) is 12.1. The third-order valence-electron chi connectivity index (χ3n) is 1.77. The molecule has 0 aliphatic rings. The lowest BCUT2D eigenvalue weighted by Gasteiger charge is -2.02. The largest absolute Gasteiger partial charge is 0.196 e. The van der Waals surface area contributed by atoms with Crippen LogP contribution in [-0.4, -0.2) is 0 Å². The number of halogens is 1. The van der Waals surface area contributed by atoms with Crippen LogP contribution in [0.5, 0.6) is 0 Å². The van der Waals surface area contributed by atoms with Crippen molar-refractivity contribution in [2.24, 2.45) is 0 Å². The molecule has 2 heteroatoms. The summed E-state index contributed by atoms with van der Waals surface area (Å²) in [6.07, 6.45) is 0.975. The lowest BCUT2D eigenvalue weighted by atomic mass is 10.1. The van der Waals surface area contributed by atoms with E-state index < -0.39 is 5.38 Å². The van der Waals surface area contributed by atoms with Gasteiger partial charge >= 0.3 is 0 Å². The number of alkyl halides is 1. The number of hydrogen-bond acceptors (Lipinski definition) is 1. The van der Waals surface area contributed by atoms with Gasteiger partial charge in [-0.05, 0) is 17.5 Å². The molecule has 0 aromatic heterocycles. The molecule has 0 radical (unpaired) electrons. The van der Waals surface area contributed by atoms with Gasteiger partial charge in [-0.15, -0.1) is 11.6 Å². The Hall–Kier alpha value is -1.00. The molecule has 12 heavy (non-hydrogen) atoms. The van der Waals surface area contributed by atoms with Crippen LogP contribution in [-0.2, 0) is 6.42 Å². The van der Waals surface area contributed by atoms with Gasteiger partial charge in [0.1, 0.15) is 5.38 Å². The second-order valence-corrected chi connectivity index (χ2v) is 3.03. The second-order valence-electron chi connectivity index (χ2n) is 2.59. The van der Waals surface area contributed by atoms with Crippen LogP contribution in [0.3, 0.4) is 0 Å². The van der Waals surface area contributed by atoms with E-state index in [1.54, 1.807) is 0 Å². The van der Waals surface area contributed by atoms with Crippen molar-refractivity contribution in [3.8, 4) is 6.07 Å². The minimum absolute atomic E-state index is 0.517. The molecule has 0 heterocycles. The molecule has 1 aromatic carbocycles. The minimum Gasteiger partial charge on any atom is -0.196 e. The summed E-state index contributed by atoms with van der Waals surface area (Å²) in [4.78, 5) is 0. The molecule has 0 N–H and O–H groups in total. The Morgan fingerprint density at radius 1 is 1.58 bits per heavy atom. The van der Waals surface area contributed by atoms with E-state index in [0.717, 1.165) is 12.0 Å².